The molecule has 0 unspecified atom stereocenters. The van der Waals surface area contributed by atoms with Crippen LogP contribution in [0.15, 0.2) is 45.3 Å². The number of halogens is 2. The van der Waals surface area contributed by atoms with Crippen LogP contribution in [0.5, 0.6) is 0 Å². The second-order valence-corrected chi connectivity index (χ2v) is 6.15. The standard InChI is InChI=1S/C15H13Br2NO/c1-9-3-4-11(8-13(9)17)15(19)18-14-6-5-12(16)7-10(14)2/h3-8H,1-2H3,(H,18,19). The normalized spacial score (nSPS) is 10.3. The number of anilines is 1. The molecule has 0 saturated heterocycles. The molecule has 0 heterocycles. The van der Waals surface area contributed by atoms with Crippen LogP contribution in [0.1, 0.15) is 21.5 Å². The zero-order chi connectivity index (χ0) is 14.0. The molecule has 1 amide bonds. The number of carbonyl (C=O) groups is 1. The summed E-state index contributed by atoms with van der Waals surface area (Å²) in [6, 6.07) is 11.4. The molecule has 0 spiro atoms. The van der Waals surface area contributed by atoms with Crippen LogP contribution < -0.4 is 5.32 Å². The molecule has 0 aromatic heterocycles. The summed E-state index contributed by atoms with van der Waals surface area (Å²) in [5.41, 5.74) is 3.59. The van der Waals surface area contributed by atoms with Gasteiger partial charge in [0.2, 0.25) is 0 Å². The monoisotopic (exact) mass is 381 g/mol. The first-order valence-corrected chi connectivity index (χ1v) is 7.39. The van der Waals surface area contributed by atoms with Gasteiger partial charge in [0.15, 0.2) is 0 Å². The number of benzene rings is 2. The van der Waals surface area contributed by atoms with Gasteiger partial charge in [-0.05, 0) is 55.3 Å². The Labute approximate surface area is 129 Å². The van der Waals surface area contributed by atoms with E-state index in [1.807, 2.05) is 50.2 Å². The highest BCUT2D eigenvalue weighted by Gasteiger charge is 2.09. The SMILES string of the molecule is Cc1ccc(C(=O)Nc2ccc(Br)cc2C)cc1Br. The van der Waals surface area contributed by atoms with Gasteiger partial charge in [0.25, 0.3) is 5.91 Å². The molecule has 0 aliphatic rings. The molecule has 98 valence electrons. The third-order valence-corrected chi connectivity index (χ3v) is 4.22. The second kappa shape index (κ2) is 5.88. The lowest BCUT2D eigenvalue weighted by Gasteiger charge is -2.09. The number of aryl methyl sites for hydroxylation is 2. The molecule has 0 fully saturated rings. The maximum atomic E-state index is 12.2. The molecule has 1 N–H and O–H groups in total. The van der Waals surface area contributed by atoms with Gasteiger partial charge in [-0.3, -0.25) is 4.79 Å². The fourth-order valence-electron chi connectivity index (χ4n) is 1.70. The third-order valence-electron chi connectivity index (χ3n) is 2.87. The molecule has 0 radical (unpaired) electrons. The highest BCUT2D eigenvalue weighted by atomic mass is 79.9. The van der Waals surface area contributed by atoms with Crippen molar-refractivity contribution in [3.8, 4) is 0 Å². The number of hydrogen-bond acceptors (Lipinski definition) is 1. The van der Waals surface area contributed by atoms with Gasteiger partial charge in [0.05, 0.1) is 0 Å². The first-order chi connectivity index (χ1) is 8.97. The Kier molecular flexibility index (Phi) is 4.42. The van der Waals surface area contributed by atoms with Crippen molar-refractivity contribution >= 4 is 43.5 Å². The van der Waals surface area contributed by atoms with Gasteiger partial charge in [-0.1, -0.05) is 37.9 Å². The van der Waals surface area contributed by atoms with E-state index >= 15 is 0 Å². The van der Waals surface area contributed by atoms with E-state index in [2.05, 4.69) is 37.2 Å². The summed E-state index contributed by atoms with van der Waals surface area (Å²) in [6.07, 6.45) is 0. The van der Waals surface area contributed by atoms with Gasteiger partial charge in [-0.2, -0.15) is 0 Å². The highest BCUT2D eigenvalue weighted by Crippen LogP contribution is 2.22. The lowest BCUT2D eigenvalue weighted by atomic mass is 10.1. The Balaban J connectivity index is 2.23. The smallest absolute Gasteiger partial charge is 0.255 e. The van der Waals surface area contributed by atoms with Crippen LogP contribution >= 0.6 is 31.9 Å². The van der Waals surface area contributed by atoms with Crippen LogP contribution in [0.25, 0.3) is 0 Å². The summed E-state index contributed by atoms with van der Waals surface area (Å²) in [7, 11) is 0. The molecular weight excluding hydrogens is 370 g/mol. The third kappa shape index (κ3) is 3.45. The van der Waals surface area contributed by atoms with E-state index < -0.39 is 0 Å². The number of hydrogen-bond donors (Lipinski definition) is 1. The Bertz CT molecular complexity index is 638. The quantitative estimate of drug-likeness (QED) is 0.770. The van der Waals surface area contributed by atoms with E-state index in [0.29, 0.717) is 5.56 Å². The van der Waals surface area contributed by atoms with Gasteiger partial charge >= 0.3 is 0 Å². The summed E-state index contributed by atoms with van der Waals surface area (Å²) >= 11 is 6.84. The lowest BCUT2D eigenvalue weighted by molar-refractivity contribution is 0.102. The lowest BCUT2D eigenvalue weighted by Crippen LogP contribution is -2.12. The maximum absolute atomic E-state index is 12.2. The van der Waals surface area contributed by atoms with Crippen LogP contribution in [0.2, 0.25) is 0 Å². The maximum Gasteiger partial charge on any atom is 0.255 e. The number of amides is 1. The van der Waals surface area contributed by atoms with Gasteiger partial charge in [0, 0.05) is 20.2 Å². The van der Waals surface area contributed by atoms with Crippen LogP contribution in [-0.4, -0.2) is 5.91 Å². The summed E-state index contributed by atoms with van der Waals surface area (Å²) in [6.45, 7) is 3.95. The Morgan fingerprint density at radius 3 is 2.37 bits per heavy atom. The molecule has 2 aromatic rings. The minimum absolute atomic E-state index is 0.105. The summed E-state index contributed by atoms with van der Waals surface area (Å²) in [5.74, 6) is -0.105. The fourth-order valence-corrected chi connectivity index (χ4v) is 2.55. The molecule has 0 aliphatic carbocycles. The Morgan fingerprint density at radius 1 is 1.00 bits per heavy atom. The van der Waals surface area contributed by atoms with Crippen molar-refractivity contribution in [2.75, 3.05) is 5.32 Å². The van der Waals surface area contributed by atoms with Gasteiger partial charge in [-0.25, -0.2) is 0 Å². The van der Waals surface area contributed by atoms with E-state index in [1.54, 1.807) is 0 Å². The topological polar surface area (TPSA) is 29.1 Å². The first kappa shape index (κ1) is 14.3. The number of carbonyl (C=O) groups excluding carboxylic acids is 1. The van der Waals surface area contributed by atoms with Crippen LogP contribution in [0, 0.1) is 13.8 Å². The molecule has 2 rings (SSSR count). The van der Waals surface area contributed by atoms with Crippen molar-refractivity contribution in [3.63, 3.8) is 0 Å². The number of rotatable bonds is 2. The zero-order valence-corrected chi connectivity index (χ0v) is 13.8. The highest BCUT2D eigenvalue weighted by molar-refractivity contribution is 9.10. The average Bonchev–Trinajstić information content (AvgIpc) is 2.36. The van der Waals surface area contributed by atoms with Gasteiger partial charge in [-0.15, -0.1) is 0 Å². The summed E-state index contributed by atoms with van der Waals surface area (Å²) in [5, 5.41) is 2.92. The van der Waals surface area contributed by atoms with Crippen LogP contribution in [-0.2, 0) is 0 Å². The molecule has 19 heavy (non-hydrogen) atoms. The van der Waals surface area contributed by atoms with Crippen LogP contribution in [0.4, 0.5) is 5.69 Å². The zero-order valence-electron chi connectivity index (χ0n) is 10.6. The van der Waals surface area contributed by atoms with E-state index in [1.165, 1.54) is 0 Å². The van der Waals surface area contributed by atoms with Crippen molar-refractivity contribution in [2.45, 2.75) is 13.8 Å². The predicted octanol–water partition coefficient (Wildman–Crippen LogP) is 5.08. The first-order valence-electron chi connectivity index (χ1n) is 5.81. The van der Waals surface area contributed by atoms with E-state index in [0.717, 1.165) is 25.8 Å². The summed E-state index contributed by atoms with van der Waals surface area (Å²) < 4.78 is 1.94. The van der Waals surface area contributed by atoms with Crippen molar-refractivity contribution in [3.05, 3.63) is 62.0 Å². The van der Waals surface area contributed by atoms with Crippen molar-refractivity contribution in [2.24, 2.45) is 0 Å². The fraction of sp³-hybridized carbons (Fsp3) is 0.133. The van der Waals surface area contributed by atoms with Crippen LogP contribution in [0.3, 0.4) is 0 Å². The second-order valence-electron chi connectivity index (χ2n) is 4.38. The number of nitrogens with one attached hydrogen (secondary N) is 1. The molecular formula is C15H13Br2NO. The van der Waals surface area contributed by atoms with E-state index in [4.69, 9.17) is 0 Å². The molecule has 0 aliphatic heterocycles. The predicted molar refractivity (Wildman–Crippen MR) is 85.7 cm³/mol. The average molecular weight is 383 g/mol. The Hall–Kier alpha value is -1.13. The molecule has 2 aromatic carbocycles. The minimum Gasteiger partial charge on any atom is -0.322 e. The van der Waals surface area contributed by atoms with E-state index in [-0.39, 0.29) is 5.91 Å². The van der Waals surface area contributed by atoms with Crippen molar-refractivity contribution < 1.29 is 4.79 Å². The van der Waals surface area contributed by atoms with Crippen molar-refractivity contribution in [1.82, 2.24) is 0 Å². The van der Waals surface area contributed by atoms with Crippen molar-refractivity contribution in [1.29, 1.82) is 0 Å². The Morgan fingerprint density at radius 2 is 1.74 bits per heavy atom. The summed E-state index contributed by atoms with van der Waals surface area (Å²) in [4.78, 5) is 12.2. The molecule has 4 heteroatoms. The van der Waals surface area contributed by atoms with Gasteiger partial charge in [0.1, 0.15) is 0 Å². The molecule has 0 saturated carbocycles. The van der Waals surface area contributed by atoms with Gasteiger partial charge < -0.3 is 5.32 Å². The molecule has 2 nitrogen and oxygen atoms in total. The molecule has 0 atom stereocenters. The molecule has 0 bridgehead atoms. The minimum atomic E-state index is -0.105. The van der Waals surface area contributed by atoms with E-state index in [9.17, 15) is 4.79 Å². The largest absolute Gasteiger partial charge is 0.322 e.